The smallest absolute Gasteiger partial charge is 0.240 e. The summed E-state index contributed by atoms with van der Waals surface area (Å²) in [5, 5.41) is 2.66. The zero-order valence-corrected chi connectivity index (χ0v) is 13.9. The molecule has 128 valence electrons. The number of benzene rings is 1. The number of furan rings is 1. The molecule has 1 aromatic carbocycles. The minimum absolute atomic E-state index is 0.0165. The Hall–Kier alpha value is -2.45. The van der Waals surface area contributed by atoms with Crippen LogP contribution in [-0.2, 0) is 21.4 Å². The molecule has 1 amide bonds. The lowest BCUT2D eigenvalue weighted by Crippen LogP contribution is -2.30. The first-order chi connectivity index (χ1) is 11.4. The predicted octanol–water partition coefficient (Wildman–Crippen LogP) is 1.47. The second kappa shape index (κ2) is 7.89. The molecule has 2 rings (SSSR count). The van der Waals surface area contributed by atoms with Gasteiger partial charge in [0.1, 0.15) is 0 Å². The fourth-order valence-corrected chi connectivity index (χ4v) is 2.97. The van der Waals surface area contributed by atoms with Crippen molar-refractivity contribution in [2.75, 3.05) is 6.54 Å². The van der Waals surface area contributed by atoms with Crippen LogP contribution in [0.1, 0.15) is 29.3 Å². The summed E-state index contributed by atoms with van der Waals surface area (Å²) in [5.41, 5.74) is 1.27. The minimum Gasteiger partial charge on any atom is -0.472 e. The van der Waals surface area contributed by atoms with Crippen LogP contribution in [0, 0.1) is 0 Å². The Bertz CT molecular complexity index is 796. The third-order valence-electron chi connectivity index (χ3n) is 3.29. The van der Waals surface area contributed by atoms with E-state index in [0.29, 0.717) is 12.1 Å². The number of hydrogen-bond donors (Lipinski definition) is 2. The second-order valence-corrected chi connectivity index (χ2v) is 6.90. The maximum Gasteiger partial charge on any atom is 0.240 e. The van der Waals surface area contributed by atoms with E-state index in [1.54, 1.807) is 6.07 Å². The monoisotopic (exact) mass is 350 g/mol. The SMILES string of the molecule is CC(=O)c1ccc(S(=O)(=O)NCCC(=O)NCc2ccoc2)cc1. The maximum atomic E-state index is 12.1. The number of ketones is 1. The van der Waals surface area contributed by atoms with Crippen molar-refractivity contribution < 1.29 is 22.4 Å². The molecule has 1 heterocycles. The molecular formula is C16H18N2O5S. The van der Waals surface area contributed by atoms with E-state index in [9.17, 15) is 18.0 Å². The van der Waals surface area contributed by atoms with Crippen LogP contribution in [0.5, 0.6) is 0 Å². The van der Waals surface area contributed by atoms with E-state index in [4.69, 9.17) is 4.42 Å². The highest BCUT2D eigenvalue weighted by Gasteiger charge is 2.14. The Labute approximate surface area is 140 Å². The van der Waals surface area contributed by atoms with Gasteiger partial charge >= 0.3 is 0 Å². The summed E-state index contributed by atoms with van der Waals surface area (Å²) in [5.74, 6) is -0.410. The number of rotatable bonds is 8. The summed E-state index contributed by atoms with van der Waals surface area (Å²) in [4.78, 5) is 22.9. The summed E-state index contributed by atoms with van der Waals surface area (Å²) in [6.07, 6.45) is 3.04. The molecule has 0 saturated carbocycles. The van der Waals surface area contributed by atoms with E-state index in [1.807, 2.05) is 0 Å². The molecule has 0 aliphatic heterocycles. The van der Waals surface area contributed by atoms with Crippen LogP contribution in [0.4, 0.5) is 0 Å². The highest BCUT2D eigenvalue weighted by molar-refractivity contribution is 7.89. The summed E-state index contributed by atoms with van der Waals surface area (Å²) >= 11 is 0. The van der Waals surface area contributed by atoms with Crippen LogP contribution in [0.3, 0.4) is 0 Å². The van der Waals surface area contributed by atoms with Crippen molar-refractivity contribution in [3.05, 3.63) is 54.0 Å². The molecule has 2 aromatic rings. The van der Waals surface area contributed by atoms with E-state index in [0.717, 1.165) is 5.56 Å². The van der Waals surface area contributed by atoms with Gasteiger partial charge < -0.3 is 9.73 Å². The lowest BCUT2D eigenvalue weighted by Gasteiger charge is -2.07. The third kappa shape index (κ3) is 5.04. The molecule has 7 nitrogen and oxygen atoms in total. The van der Waals surface area contributed by atoms with Crippen LogP contribution < -0.4 is 10.0 Å². The lowest BCUT2D eigenvalue weighted by molar-refractivity contribution is -0.121. The zero-order valence-electron chi connectivity index (χ0n) is 13.1. The average molecular weight is 350 g/mol. The summed E-state index contributed by atoms with van der Waals surface area (Å²) in [7, 11) is -3.71. The molecule has 1 aromatic heterocycles. The van der Waals surface area contributed by atoms with Crippen LogP contribution in [0.2, 0.25) is 0 Å². The molecule has 24 heavy (non-hydrogen) atoms. The van der Waals surface area contributed by atoms with Gasteiger partial charge in [-0.15, -0.1) is 0 Å². The van der Waals surface area contributed by atoms with E-state index in [-0.39, 0.29) is 29.6 Å². The van der Waals surface area contributed by atoms with Gasteiger partial charge in [0.2, 0.25) is 15.9 Å². The van der Waals surface area contributed by atoms with Crippen molar-refractivity contribution in [3.8, 4) is 0 Å². The molecule has 0 unspecified atom stereocenters. The third-order valence-corrected chi connectivity index (χ3v) is 4.76. The summed E-state index contributed by atoms with van der Waals surface area (Å²) in [6.45, 7) is 1.71. The zero-order chi connectivity index (χ0) is 17.6. The number of hydrogen-bond acceptors (Lipinski definition) is 5. The number of amides is 1. The van der Waals surface area contributed by atoms with Crippen LogP contribution in [-0.4, -0.2) is 26.7 Å². The second-order valence-electron chi connectivity index (χ2n) is 5.14. The Morgan fingerprint density at radius 2 is 1.83 bits per heavy atom. The maximum absolute atomic E-state index is 12.1. The standard InChI is InChI=1S/C16H18N2O5S/c1-12(19)14-2-4-15(5-3-14)24(21,22)18-8-6-16(20)17-10-13-7-9-23-11-13/h2-5,7,9,11,18H,6,8,10H2,1H3,(H,17,20). The van der Waals surface area contributed by atoms with Crippen molar-refractivity contribution in [2.24, 2.45) is 0 Å². The van der Waals surface area contributed by atoms with Gasteiger partial charge in [-0.05, 0) is 25.1 Å². The fraction of sp³-hybridized carbons (Fsp3) is 0.250. The number of carbonyl (C=O) groups is 2. The van der Waals surface area contributed by atoms with Crippen molar-refractivity contribution in [2.45, 2.75) is 24.8 Å². The number of carbonyl (C=O) groups excluding carboxylic acids is 2. The molecule has 0 fully saturated rings. The van der Waals surface area contributed by atoms with Gasteiger partial charge in [-0.25, -0.2) is 13.1 Å². The average Bonchev–Trinajstić information content (AvgIpc) is 3.06. The first-order valence-electron chi connectivity index (χ1n) is 7.27. The van der Waals surface area contributed by atoms with Crippen LogP contribution >= 0.6 is 0 Å². The molecule has 0 aliphatic rings. The van der Waals surface area contributed by atoms with Gasteiger partial charge in [-0.1, -0.05) is 12.1 Å². The van der Waals surface area contributed by atoms with E-state index in [1.165, 1.54) is 43.7 Å². The molecule has 0 radical (unpaired) electrons. The molecule has 0 atom stereocenters. The Morgan fingerprint density at radius 3 is 2.42 bits per heavy atom. The van der Waals surface area contributed by atoms with E-state index in [2.05, 4.69) is 10.0 Å². The topological polar surface area (TPSA) is 105 Å². The molecule has 0 spiro atoms. The number of sulfonamides is 1. The van der Waals surface area contributed by atoms with Gasteiger partial charge in [0.25, 0.3) is 0 Å². The van der Waals surface area contributed by atoms with Gasteiger partial charge in [0.05, 0.1) is 17.4 Å². The lowest BCUT2D eigenvalue weighted by atomic mass is 10.2. The molecule has 8 heteroatoms. The largest absolute Gasteiger partial charge is 0.472 e. The Kier molecular flexibility index (Phi) is 5.88. The van der Waals surface area contributed by atoms with Crippen molar-refractivity contribution in [1.82, 2.24) is 10.0 Å². The highest BCUT2D eigenvalue weighted by atomic mass is 32.2. The van der Waals surface area contributed by atoms with E-state index < -0.39 is 10.0 Å². The van der Waals surface area contributed by atoms with Crippen molar-refractivity contribution >= 4 is 21.7 Å². The Morgan fingerprint density at radius 1 is 1.12 bits per heavy atom. The number of nitrogens with one attached hydrogen (secondary N) is 2. The normalized spacial score (nSPS) is 11.2. The van der Waals surface area contributed by atoms with Gasteiger partial charge in [-0.3, -0.25) is 9.59 Å². The van der Waals surface area contributed by atoms with E-state index >= 15 is 0 Å². The molecule has 2 N–H and O–H groups in total. The quantitative estimate of drug-likeness (QED) is 0.701. The molecular weight excluding hydrogens is 332 g/mol. The van der Waals surface area contributed by atoms with Gasteiger partial charge in [0.15, 0.2) is 5.78 Å². The minimum atomic E-state index is -3.71. The van der Waals surface area contributed by atoms with Gasteiger partial charge in [-0.2, -0.15) is 0 Å². The summed E-state index contributed by atoms with van der Waals surface area (Å²) < 4.78 is 31.4. The fourth-order valence-electron chi connectivity index (χ4n) is 1.93. The predicted molar refractivity (Wildman–Crippen MR) is 86.8 cm³/mol. The Balaban J connectivity index is 1.81. The molecule has 0 aliphatic carbocycles. The van der Waals surface area contributed by atoms with Crippen LogP contribution in [0.25, 0.3) is 0 Å². The van der Waals surface area contributed by atoms with Crippen molar-refractivity contribution in [3.63, 3.8) is 0 Å². The number of Topliss-reactive ketones (excluding diaryl/α,β-unsaturated/α-hetero) is 1. The first-order valence-corrected chi connectivity index (χ1v) is 8.75. The molecule has 0 bridgehead atoms. The first kappa shape index (κ1) is 17.9. The van der Waals surface area contributed by atoms with Gasteiger partial charge in [0, 0.05) is 30.6 Å². The van der Waals surface area contributed by atoms with Crippen molar-refractivity contribution in [1.29, 1.82) is 0 Å². The highest BCUT2D eigenvalue weighted by Crippen LogP contribution is 2.11. The summed E-state index contributed by atoms with van der Waals surface area (Å²) in [6, 6.07) is 7.35. The molecule has 0 saturated heterocycles. The van der Waals surface area contributed by atoms with Crippen LogP contribution in [0.15, 0.2) is 52.2 Å².